The fraction of sp³-hybridized carbons (Fsp3) is 0.304. The van der Waals surface area contributed by atoms with E-state index in [1.165, 1.54) is 11.3 Å². The van der Waals surface area contributed by atoms with Gasteiger partial charge in [0.2, 0.25) is 0 Å². The van der Waals surface area contributed by atoms with Gasteiger partial charge >= 0.3 is 0 Å². The molecule has 1 saturated carbocycles. The maximum atomic E-state index is 13.1. The summed E-state index contributed by atoms with van der Waals surface area (Å²) in [6, 6.07) is 15.4. The Morgan fingerprint density at radius 2 is 2.00 bits per heavy atom. The Kier molecular flexibility index (Phi) is 6.30. The summed E-state index contributed by atoms with van der Waals surface area (Å²) in [5.41, 5.74) is 2.36. The first-order valence-corrected chi connectivity index (χ1v) is 10.7. The van der Waals surface area contributed by atoms with Crippen LogP contribution in [0.1, 0.15) is 39.5 Å². The predicted octanol–water partition coefficient (Wildman–Crippen LogP) is 4.03. The summed E-state index contributed by atoms with van der Waals surface area (Å²) >= 11 is 1.47. The van der Waals surface area contributed by atoms with E-state index < -0.39 is 0 Å². The molecule has 30 heavy (non-hydrogen) atoms. The number of benzene rings is 2. The smallest absolute Gasteiger partial charge is 0.254 e. The van der Waals surface area contributed by atoms with Gasteiger partial charge in [-0.2, -0.15) is 0 Å². The maximum Gasteiger partial charge on any atom is 0.254 e. The van der Waals surface area contributed by atoms with E-state index in [1.807, 2.05) is 52.7 Å². The Balaban J connectivity index is 1.39. The normalized spacial score (nSPS) is 13.1. The van der Waals surface area contributed by atoms with Gasteiger partial charge in [-0.15, -0.1) is 11.3 Å². The largest absolute Gasteiger partial charge is 0.497 e. The molecule has 1 aromatic heterocycles. The highest BCUT2D eigenvalue weighted by Crippen LogP contribution is 2.30. The summed E-state index contributed by atoms with van der Waals surface area (Å²) in [7, 11) is 1.60. The summed E-state index contributed by atoms with van der Waals surface area (Å²) in [4.78, 5) is 19.3. The van der Waals surface area contributed by atoms with Gasteiger partial charge in [-0.3, -0.25) is 4.79 Å². The van der Waals surface area contributed by atoms with Crippen LogP contribution >= 0.6 is 11.3 Å². The first-order chi connectivity index (χ1) is 14.7. The van der Waals surface area contributed by atoms with Crippen LogP contribution in [0.3, 0.4) is 0 Å². The summed E-state index contributed by atoms with van der Waals surface area (Å²) < 4.78 is 11.0. The molecular weight excluding hydrogens is 400 g/mol. The van der Waals surface area contributed by atoms with Gasteiger partial charge in [-0.25, -0.2) is 4.98 Å². The van der Waals surface area contributed by atoms with Gasteiger partial charge in [0.25, 0.3) is 5.91 Å². The van der Waals surface area contributed by atoms with Gasteiger partial charge in [0, 0.05) is 23.5 Å². The average Bonchev–Trinajstić information content (AvgIpc) is 3.53. The van der Waals surface area contributed by atoms with Crippen LogP contribution in [0.25, 0.3) is 0 Å². The molecule has 1 fully saturated rings. The fourth-order valence-corrected chi connectivity index (χ4v) is 3.89. The zero-order valence-corrected chi connectivity index (χ0v) is 17.6. The number of carbonyl (C=O) groups excluding carboxylic acids is 1. The molecule has 1 aliphatic rings. The van der Waals surface area contributed by atoms with Crippen molar-refractivity contribution in [2.75, 3.05) is 7.11 Å². The Labute approximate surface area is 179 Å². The van der Waals surface area contributed by atoms with Crippen molar-refractivity contribution in [3.63, 3.8) is 0 Å². The molecule has 1 aliphatic carbocycles. The molecule has 2 aromatic carbocycles. The monoisotopic (exact) mass is 424 g/mol. The number of methoxy groups -OCH3 is 1. The number of nitrogens with zero attached hydrogens (tertiary/aromatic N) is 2. The second-order valence-electron chi connectivity index (χ2n) is 7.22. The van der Waals surface area contributed by atoms with Gasteiger partial charge in [-0.1, -0.05) is 18.2 Å². The van der Waals surface area contributed by atoms with E-state index in [4.69, 9.17) is 14.6 Å². The van der Waals surface area contributed by atoms with Crippen LogP contribution < -0.4 is 9.47 Å². The van der Waals surface area contributed by atoms with Crippen LogP contribution in [0.4, 0.5) is 0 Å². The highest BCUT2D eigenvalue weighted by atomic mass is 32.1. The van der Waals surface area contributed by atoms with E-state index in [9.17, 15) is 4.79 Å². The van der Waals surface area contributed by atoms with Gasteiger partial charge in [0.1, 0.15) is 23.1 Å². The Morgan fingerprint density at radius 3 is 2.67 bits per heavy atom. The predicted molar refractivity (Wildman–Crippen MR) is 115 cm³/mol. The molecule has 0 aliphatic heterocycles. The SMILES string of the molecule is COc1cccc(C(=O)N(Cc2ccc(OCc3nc(CO)cs3)cc2)C2CC2)c1. The third kappa shape index (κ3) is 4.98. The van der Waals surface area contributed by atoms with E-state index in [0.717, 1.165) is 29.2 Å². The molecule has 0 atom stereocenters. The zero-order valence-electron chi connectivity index (χ0n) is 16.8. The van der Waals surface area contributed by atoms with Crippen molar-refractivity contribution in [1.82, 2.24) is 9.88 Å². The third-order valence-electron chi connectivity index (χ3n) is 4.97. The maximum absolute atomic E-state index is 13.1. The van der Waals surface area contributed by atoms with E-state index in [0.29, 0.717) is 36.2 Å². The van der Waals surface area contributed by atoms with E-state index in [-0.39, 0.29) is 12.5 Å². The number of amides is 1. The number of aliphatic hydroxyl groups is 1. The summed E-state index contributed by atoms with van der Waals surface area (Å²) in [6.07, 6.45) is 2.08. The molecule has 1 N–H and O–H groups in total. The van der Waals surface area contributed by atoms with Gasteiger partial charge in [0.05, 0.1) is 19.4 Å². The Hall–Kier alpha value is -2.90. The summed E-state index contributed by atoms with van der Waals surface area (Å²) in [5.74, 6) is 1.46. The number of ether oxygens (including phenoxy) is 2. The van der Waals surface area contributed by atoms with Crippen LogP contribution in [-0.4, -0.2) is 34.0 Å². The molecule has 156 valence electrons. The van der Waals surface area contributed by atoms with Crippen LogP contribution in [0.2, 0.25) is 0 Å². The Bertz CT molecular complexity index is 998. The molecule has 1 amide bonds. The molecule has 0 bridgehead atoms. The minimum atomic E-state index is -0.0584. The average molecular weight is 425 g/mol. The molecule has 0 unspecified atom stereocenters. The molecular formula is C23H24N2O4S. The summed E-state index contributed by atoms with van der Waals surface area (Å²) in [6.45, 7) is 0.872. The zero-order chi connectivity index (χ0) is 20.9. The first kappa shape index (κ1) is 20.4. The van der Waals surface area contributed by atoms with Crippen molar-refractivity contribution in [1.29, 1.82) is 0 Å². The fourth-order valence-electron chi connectivity index (χ4n) is 3.20. The highest BCUT2D eigenvalue weighted by molar-refractivity contribution is 7.09. The van der Waals surface area contributed by atoms with Crippen LogP contribution in [-0.2, 0) is 19.8 Å². The molecule has 1 heterocycles. The van der Waals surface area contributed by atoms with Gasteiger partial charge in [0.15, 0.2) is 0 Å². The van der Waals surface area contributed by atoms with Crippen molar-refractivity contribution < 1.29 is 19.4 Å². The van der Waals surface area contributed by atoms with Gasteiger partial charge in [-0.05, 0) is 48.7 Å². The van der Waals surface area contributed by atoms with Crippen molar-refractivity contribution >= 4 is 17.2 Å². The number of hydrogen-bond acceptors (Lipinski definition) is 6. The van der Waals surface area contributed by atoms with Gasteiger partial charge < -0.3 is 19.5 Å². The quantitative estimate of drug-likeness (QED) is 0.562. The number of aliphatic hydroxyl groups excluding tert-OH is 1. The second-order valence-corrected chi connectivity index (χ2v) is 8.16. The number of hydrogen-bond donors (Lipinski definition) is 1. The minimum absolute atomic E-state index is 0.0279. The molecule has 0 spiro atoms. The van der Waals surface area contributed by atoms with Crippen LogP contribution in [0.5, 0.6) is 11.5 Å². The number of carbonyl (C=O) groups is 1. The Morgan fingerprint density at radius 1 is 1.20 bits per heavy atom. The topological polar surface area (TPSA) is 71.9 Å². The second kappa shape index (κ2) is 9.28. The highest BCUT2D eigenvalue weighted by Gasteiger charge is 2.33. The van der Waals surface area contributed by atoms with Crippen LogP contribution in [0.15, 0.2) is 53.9 Å². The van der Waals surface area contributed by atoms with Crippen molar-refractivity contribution in [3.05, 3.63) is 75.7 Å². The molecule has 7 heteroatoms. The van der Waals surface area contributed by atoms with E-state index >= 15 is 0 Å². The lowest BCUT2D eigenvalue weighted by Gasteiger charge is -2.23. The molecule has 0 radical (unpaired) electrons. The lowest BCUT2D eigenvalue weighted by molar-refractivity contribution is 0.0729. The molecule has 4 rings (SSSR count). The standard InChI is InChI=1S/C23H24N2O4S/c1-28-21-4-2-3-17(11-21)23(27)25(19-7-8-19)12-16-5-9-20(10-6-16)29-14-22-24-18(13-26)15-30-22/h2-6,9-11,15,19,26H,7-8,12-14H2,1H3. The molecule has 3 aromatic rings. The lowest BCUT2D eigenvalue weighted by Crippen LogP contribution is -2.32. The van der Waals surface area contributed by atoms with Crippen LogP contribution in [0, 0.1) is 0 Å². The van der Waals surface area contributed by atoms with E-state index in [1.54, 1.807) is 13.2 Å². The van der Waals surface area contributed by atoms with E-state index in [2.05, 4.69) is 4.98 Å². The summed E-state index contributed by atoms with van der Waals surface area (Å²) in [5, 5.41) is 11.7. The van der Waals surface area contributed by atoms with Crippen molar-refractivity contribution in [2.24, 2.45) is 0 Å². The molecule has 0 saturated heterocycles. The lowest BCUT2D eigenvalue weighted by atomic mass is 10.1. The first-order valence-electron chi connectivity index (χ1n) is 9.87. The number of rotatable bonds is 9. The number of thiazole rings is 1. The van der Waals surface area contributed by atoms with Crippen molar-refractivity contribution in [2.45, 2.75) is 38.6 Å². The third-order valence-corrected chi connectivity index (χ3v) is 5.84. The van der Waals surface area contributed by atoms with Crippen molar-refractivity contribution in [3.8, 4) is 11.5 Å². The molecule has 6 nitrogen and oxygen atoms in total. The number of aromatic nitrogens is 1. The minimum Gasteiger partial charge on any atom is -0.497 e.